The number of alkyl halides is 5. The molecule has 116 valence electrons. The van der Waals surface area contributed by atoms with Gasteiger partial charge in [-0.05, 0) is 18.6 Å². The third-order valence-electron chi connectivity index (χ3n) is 2.84. The van der Waals surface area contributed by atoms with Gasteiger partial charge in [0.15, 0.2) is 0 Å². The summed E-state index contributed by atoms with van der Waals surface area (Å²) in [4.78, 5) is 3.77. The topological polar surface area (TPSA) is 27.1 Å². The van der Waals surface area contributed by atoms with Crippen molar-refractivity contribution in [3.63, 3.8) is 0 Å². The Balaban J connectivity index is 2.42. The average Bonchev–Trinajstić information content (AvgIpc) is 2.78. The molecule has 8 heteroatoms. The van der Waals surface area contributed by atoms with Crippen molar-refractivity contribution in [2.24, 2.45) is 0 Å². The quantitative estimate of drug-likeness (QED) is 0.760. The fourth-order valence-corrected chi connectivity index (χ4v) is 1.96. The van der Waals surface area contributed by atoms with E-state index in [0.29, 0.717) is 4.57 Å². The molecular formula is C13H13F5N2O. The summed E-state index contributed by atoms with van der Waals surface area (Å²) in [7, 11) is 0. The first kappa shape index (κ1) is 15.7. The first-order valence-electron chi connectivity index (χ1n) is 6.28. The second-order valence-electron chi connectivity index (χ2n) is 4.54. The molecule has 1 atom stereocenters. The van der Waals surface area contributed by atoms with E-state index < -0.39 is 24.9 Å². The third kappa shape index (κ3) is 3.49. The molecule has 1 unspecified atom stereocenters. The lowest BCUT2D eigenvalue weighted by Crippen LogP contribution is -2.35. The van der Waals surface area contributed by atoms with E-state index in [2.05, 4.69) is 9.72 Å². The van der Waals surface area contributed by atoms with Crippen LogP contribution in [0.15, 0.2) is 30.6 Å². The molecule has 1 heterocycles. The van der Waals surface area contributed by atoms with Gasteiger partial charge in [0.2, 0.25) is 6.23 Å². The van der Waals surface area contributed by atoms with Crippen LogP contribution in [0.5, 0.6) is 0 Å². The molecule has 3 nitrogen and oxygen atoms in total. The van der Waals surface area contributed by atoms with Crippen LogP contribution in [0.4, 0.5) is 22.0 Å². The number of halogens is 5. The summed E-state index contributed by atoms with van der Waals surface area (Å²) in [5.74, 6) is 0. The number of aromatic nitrogens is 2. The van der Waals surface area contributed by atoms with Crippen molar-refractivity contribution < 1.29 is 26.7 Å². The van der Waals surface area contributed by atoms with Crippen LogP contribution in [0.1, 0.15) is 26.0 Å². The van der Waals surface area contributed by atoms with Crippen LogP contribution >= 0.6 is 0 Å². The van der Waals surface area contributed by atoms with Crippen molar-refractivity contribution in [1.82, 2.24) is 9.55 Å². The van der Waals surface area contributed by atoms with Gasteiger partial charge in [0.1, 0.15) is 0 Å². The summed E-state index contributed by atoms with van der Waals surface area (Å²) < 4.78 is 70.7. The van der Waals surface area contributed by atoms with Gasteiger partial charge in [0, 0.05) is 6.42 Å². The van der Waals surface area contributed by atoms with Gasteiger partial charge in [-0.2, -0.15) is 22.0 Å². The Morgan fingerprint density at radius 2 is 1.86 bits per heavy atom. The summed E-state index contributed by atoms with van der Waals surface area (Å²) in [5, 5.41) is 0. The fourth-order valence-electron chi connectivity index (χ4n) is 1.96. The molecule has 1 aromatic carbocycles. The number of benzene rings is 1. The second-order valence-corrected chi connectivity index (χ2v) is 4.54. The van der Waals surface area contributed by atoms with E-state index in [9.17, 15) is 22.0 Å². The number of hydrogen-bond donors (Lipinski definition) is 0. The minimum absolute atomic E-state index is 0.00224. The number of ether oxygens (including phenoxy) is 1. The van der Waals surface area contributed by atoms with E-state index in [1.807, 2.05) is 0 Å². The van der Waals surface area contributed by atoms with E-state index in [1.54, 1.807) is 6.07 Å². The minimum Gasteiger partial charge on any atom is -0.296 e. The zero-order valence-corrected chi connectivity index (χ0v) is 11.1. The van der Waals surface area contributed by atoms with Crippen LogP contribution in [-0.4, -0.2) is 21.8 Å². The SMILES string of the molecule is CCCC(F)(F)OC(n1cnc2ccccc21)C(F)(F)F. The summed E-state index contributed by atoms with van der Waals surface area (Å²) in [6, 6.07) is 5.94. The summed E-state index contributed by atoms with van der Waals surface area (Å²) in [6.07, 6.45) is -11.6. The molecule has 21 heavy (non-hydrogen) atoms. The third-order valence-corrected chi connectivity index (χ3v) is 2.84. The zero-order valence-electron chi connectivity index (χ0n) is 11.1. The number of nitrogens with zero attached hydrogens (tertiary/aromatic N) is 2. The second kappa shape index (κ2) is 5.59. The standard InChI is InChI=1S/C13H13F5N2O/c1-2-7-12(14,15)21-11(13(16,17)18)20-8-19-9-5-3-4-6-10(9)20/h3-6,8,11H,2,7H2,1H3. The monoisotopic (exact) mass is 308 g/mol. The Bertz CT molecular complexity index is 608. The predicted molar refractivity (Wildman–Crippen MR) is 65.8 cm³/mol. The average molecular weight is 308 g/mol. The number of imidazole rings is 1. The van der Waals surface area contributed by atoms with Crippen molar-refractivity contribution in [1.29, 1.82) is 0 Å². The highest BCUT2D eigenvalue weighted by atomic mass is 19.4. The lowest BCUT2D eigenvalue weighted by atomic mass is 10.3. The molecule has 0 aliphatic heterocycles. The van der Waals surface area contributed by atoms with Gasteiger partial charge in [-0.3, -0.25) is 9.30 Å². The van der Waals surface area contributed by atoms with Crippen LogP contribution < -0.4 is 0 Å². The van der Waals surface area contributed by atoms with Crippen LogP contribution in [0.2, 0.25) is 0 Å². The van der Waals surface area contributed by atoms with E-state index >= 15 is 0 Å². The molecule has 0 saturated heterocycles. The molecule has 0 aliphatic carbocycles. The molecule has 0 N–H and O–H groups in total. The largest absolute Gasteiger partial charge is 0.434 e. The molecule has 0 saturated carbocycles. The van der Waals surface area contributed by atoms with Crippen molar-refractivity contribution in [2.45, 2.75) is 38.3 Å². The lowest BCUT2D eigenvalue weighted by molar-refractivity contribution is -0.349. The molecular weight excluding hydrogens is 295 g/mol. The van der Waals surface area contributed by atoms with Gasteiger partial charge >= 0.3 is 12.3 Å². The normalized spacial score (nSPS) is 14.6. The summed E-state index contributed by atoms with van der Waals surface area (Å²) >= 11 is 0. The van der Waals surface area contributed by atoms with E-state index in [4.69, 9.17) is 0 Å². The molecule has 0 fully saturated rings. The van der Waals surface area contributed by atoms with Gasteiger partial charge in [0.05, 0.1) is 17.4 Å². The van der Waals surface area contributed by atoms with E-state index in [1.165, 1.54) is 25.1 Å². The van der Waals surface area contributed by atoms with Gasteiger partial charge < -0.3 is 0 Å². The Labute approximate surface area is 117 Å². The van der Waals surface area contributed by atoms with Crippen LogP contribution in [0, 0.1) is 0 Å². The number of hydrogen-bond acceptors (Lipinski definition) is 2. The Morgan fingerprint density at radius 1 is 1.19 bits per heavy atom. The first-order chi connectivity index (χ1) is 9.74. The number of fused-ring (bicyclic) bond motifs is 1. The molecule has 0 bridgehead atoms. The van der Waals surface area contributed by atoms with Crippen LogP contribution in [-0.2, 0) is 4.74 Å². The number of para-hydroxylation sites is 2. The molecule has 0 aliphatic rings. The van der Waals surface area contributed by atoms with Crippen molar-refractivity contribution in [3.05, 3.63) is 30.6 Å². The maximum Gasteiger partial charge on any atom is 0.434 e. The van der Waals surface area contributed by atoms with Crippen molar-refractivity contribution >= 4 is 11.0 Å². The highest BCUT2D eigenvalue weighted by Gasteiger charge is 2.48. The van der Waals surface area contributed by atoms with Crippen molar-refractivity contribution in [2.75, 3.05) is 0 Å². The maximum absolute atomic E-state index is 13.4. The van der Waals surface area contributed by atoms with Crippen LogP contribution in [0.25, 0.3) is 11.0 Å². The van der Waals surface area contributed by atoms with Gasteiger partial charge in [0.25, 0.3) is 0 Å². The van der Waals surface area contributed by atoms with Crippen molar-refractivity contribution in [3.8, 4) is 0 Å². The molecule has 0 spiro atoms. The Hall–Kier alpha value is -1.70. The summed E-state index contributed by atoms with van der Waals surface area (Å²) in [5.41, 5.74) is 0.348. The maximum atomic E-state index is 13.4. The molecule has 2 aromatic rings. The lowest BCUT2D eigenvalue weighted by Gasteiger charge is -2.27. The Morgan fingerprint density at radius 3 is 2.48 bits per heavy atom. The van der Waals surface area contributed by atoms with Gasteiger partial charge in [-0.15, -0.1) is 0 Å². The highest BCUT2D eigenvalue weighted by Crippen LogP contribution is 2.39. The smallest absolute Gasteiger partial charge is 0.296 e. The van der Waals surface area contributed by atoms with Gasteiger partial charge in [-0.1, -0.05) is 19.1 Å². The minimum atomic E-state index is -4.99. The highest BCUT2D eigenvalue weighted by molar-refractivity contribution is 5.75. The zero-order chi connectivity index (χ0) is 15.7. The van der Waals surface area contributed by atoms with Crippen LogP contribution in [0.3, 0.4) is 0 Å². The molecule has 2 rings (SSSR count). The van der Waals surface area contributed by atoms with Gasteiger partial charge in [-0.25, -0.2) is 4.98 Å². The predicted octanol–water partition coefficient (Wildman–Crippen LogP) is 4.51. The number of rotatable bonds is 5. The van der Waals surface area contributed by atoms with E-state index in [0.717, 1.165) is 6.33 Å². The first-order valence-corrected chi connectivity index (χ1v) is 6.28. The molecule has 0 radical (unpaired) electrons. The fraction of sp³-hybridized carbons (Fsp3) is 0.462. The summed E-state index contributed by atoms with van der Waals surface area (Å²) in [6.45, 7) is 1.44. The Kier molecular flexibility index (Phi) is 4.18. The van der Waals surface area contributed by atoms with E-state index in [-0.39, 0.29) is 17.5 Å². The molecule has 0 amide bonds. The molecule has 1 aromatic heterocycles.